The van der Waals surface area contributed by atoms with Crippen LogP contribution < -0.4 is 4.74 Å². The van der Waals surface area contributed by atoms with Gasteiger partial charge in [-0.15, -0.1) is 0 Å². The molecule has 1 N–H and O–H groups in total. The van der Waals surface area contributed by atoms with E-state index >= 15 is 0 Å². The summed E-state index contributed by atoms with van der Waals surface area (Å²) in [5, 5.41) is 9.58. The fraction of sp³-hybridized carbons (Fsp3) is 0.562. The summed E-state index contributed by atoms with van der Waals surface area (Å²) in [7, 11) is 1.63. The lowest BCUT2D eigenvalue weighted by molar-refractivity contribution is -0.130. The Morgan fingerprint density at radius 2 is 2.33 bits per heavy atom. The third-order valence-corrected chi connectivity index (χ3v) is 4.72. The molecule has 0 bridgehead atoms. The molecular formula is C16H22BrNO3. The van der Waals surface area contributed by atoms with Crippen LogP contribution in [0.1, 0.15) is 25.3 Å². The van der Waals surface area contributed by atoms with Crippen LogP contribution in [0.2, 0.25) is 0 Å². The van der Waals surface area contributed by atoms with Crippen molar-refractivity contribution in [2.75, 3.05) is 20.2 Å². The van der Waals surface area contributed by atoms with Gasteiger partial charge >= 0.3 is 0 Å². The summed E-state index contributed by atoms with van der Waals surface area (Å²) in [6.45, 7) is 3.25. The molecule has 1 aliphatic rings. The Hall–Kier alpha value is -1.07. The van der Waals surface area contributed by atoms with E-state index in [2.05, 4.69) is 15.9 Å². The molecule has 0 saturated carbocycles. The van der Waals surface area contributed by atoms with Gasteiger partial charge in [-0.3, -0.25) is 4.79 Å². The van der Waals surface area contributed by atoms with Crippen molar-refractivity contribution in [2.24, 2.45) is 5.92 Å². The minimum Gasteiger partial charge on any atom is -0.496 e. The van der Waals surface area contributed by atoms with Gasteiger partial charge < -0.3 is 14.7 Å². The average Bonchev–Trinajstić information content (AvgIpc) is 2.95. The molecule has 4 nitrogen and oxygen atoms in total. The molecule has 2 atom stereocenters. The van der Waals surface area contributed by atoms with Crippen molar-refractivity contribution >= 4 is 21.8 Å². The highest BCUT2D eigenvalue weighted by atomic mass is 79.9. The van der Waals surface area contributed by atoms with Gasteiger partial charge in [-0.1, -0.05) is 6.07 Å². The maximum absolute atomic E-state index is 12.2. The van der Waals surface area contributed by atoms with Crippen molar-refractivity contribution in [3.05, 3.63) is 28.2 Å². The Kier molecular flexibility index (Phi) is 5.65. The molecule has 2 unspecified atom stereocenters. The minimum atomic E-state index is -0.333. The SMILES string of the molecule is COc1ccc(CCC(=O)N2CCC(C(C)O)C2)cc1Br. The molecule has 1 saturated heterocycles. The summed E-state index contributed by atoms with van der Waals surface area (Å²) >= 11 is 3.46. The fourth-order valence-electron chi connectivity index (χ4n) is 2.68. The normalized spacial score (nSPS) is 19.6. The van der Waals surface area contributed by atoms with E-state index in [1.807, 2.05) is 23.1 Å². The summed E-state index contributed by atoms with van der Waals surface area (Å²) in [5.41, 5.74) is 1.11. The van der Waals surface area contributed by atoms with Crippen molar-refractivity contribution < 1.29 is 14.6 Å². The van der Waals surface area contributed by atoms with Crippen LogP contribution >= 0.6 is 15.9 Å². The van der Waals surface area contributed by atoms with E-state index in [1.165, 1.54) is 0 Å². The summed E-state index contributed by atoms with van der Waals surface area (Å²) in [4.78, 5) is 14.1. The van der Waals surface area contributed by atoms with Crippen molar-refractivity contribution in [1.82, 2.24) is 4.90 Å². The van der Waals surface area contributed by atoms with Crippen LogP contribution in [0.4, 0.5) is 0 Å². The molecule has 2 rings (SSSR count). The van der Waals surface area contributed by atoms with Crippen LogP contribution in [0.5, 0.6) is 5.75 Å². The van der Waals surface area contributed by atoms with Gasteiger partial charge in [-0.25, -0.2) is 0 Å². The van der Waals surface area contributed by atoms with Gasteiger partial charge in [0.1, 0.15) is 5.75 Å². The largest absolute Gasteiger partial charge is 0.496 e. The number of amides is 1. The second kappa shape index (κ2) is 7.27. The highest BCUT2D eigenvalue weighted by Crippen LogP contribution is 2.26. The van der Waals surface area contributed by atoms with E-state index in [-0.39, 0.29) is 17.9 Å². The van der Waals surface area contributed by atoms with Gasteiger partial charge in [0, 0.05) is 25.4 Å². The predicted octanol–water partition coefficient (Wildman–Crippen LogP) is 2.62. The molecule has 1 aromatic rings. The zero-order valence-corrected chi connectivity index (χ0v) is 14.1. The van der Waals surface area contributed by atoms with Crippen LogP contribution in [0, 0.1) is 5.92 Å². The molecule has 1 heterocycles. The number of halogens is 1. The van der Waals surface area contributed by atoms with E-state index < -0.39 is 0 Å². The Labute approximate surface area is 134 Å². The lowest BCUT2D eigenvalue weighted by atomic mass is 10.0. The number of benzene rings is 1. The first-order valence-corrected chi connectivity index (χ1v) is 8.09. The summed E-state index contributed by atoms with van der Waals surface area (Å²) in [6, 6.07) is 5.89. The third-order valence-electron chi connectivity index (χ3n) is 4.10. The molecule has 5 heteroatoms. The lowest BCUT2D eigenvalue weighted by Crippen LogP contribution is -2.30. The van der Waals surface area contributed by atoms with Crippen molar-refractivity contribution in [1.29, 1.82) is 0 Å². The maximum atomic E-state index is 12.2. The number of likely N-dealkylation sites (tertiary alicyclic amines) is 1. The van der Waals surface area contributed by atoms with Crippen molar-refractivity contribution in [2.45, 2.75) is 32.3 Å². The van der Waals surface area contributed by atoms with Crippen LogP contribution in [-0.4, -0.2) is 42.2 Å². The van der Waals surface area contributed by atoms with Gasteiger partial charge in [0.2, 0.25) is 5.91 Å². The first-order valence-electron chi connectivity index (χ1n) is 7.29. The van der Waals surface area contributed by atoms with Crippen LogP contribution in [0.15, 0.2) is 22.7 Å². The molecule has 1 aliphatic heterocycles. The first kappa shape index (κ1) is 16.3. The zero-order valence-electron chi connectivity index (χ0n) is 12.5. The Balaban J connectivity index is 1.86. The molecular weight excluding hydrogens is 334 g/mol. The van der Waals surface area contributed by atoms with Crippen LogP contribution in [-0.2, 0) is 11.2 Å². The number of hydrogen-bond acceptors (Lipinski definition) is 3. The number of carbonyl (C=O) groups is 1. The van der Waals surface area contributed by atoms with E-state index in [1.54, 1.807) is 14.0 Å². The minimum absolute atomic E-state index is 0.171. The van der Waals surface area contributed by atoms with Crippen molar-refractivity contribution in [3.63, 3.8) is 0 Å². The van der Waals surface area contributed by atoms with E-state index in [9.17, 15) is 9.90 Å². The summed E-state index contributed by atoms with van der Waals surface area (Å²) in [5.74, 6) is 1.19. The second-order valence-electron chi connectivity index (χ2n) is 5.60. The van der Waals surface area contributed by atoms with Crippen LogP contribution in [0.25, 0.3) is 0 Å². The molecule has 0 aliphatic carbocycles. The van der Waals surface area contributed by atoms with Gasteiger partial charge in [-0.2, -0.15) is 0 Å². The second-order valence-corrected chi connectivity index (χ2v) is 6.45. The molecule has 0 radical (unpaired) electrons. The standard InChI is InChI=1S/C16H22BrNO3/c1-11(19)13-7-8-18(10-13)16(20)6-4-12-3-5-15(21-2)14(17)9-12/h3,5,9,11,13,19H,4,6-8,10H2,1-2H3. The smallest absolute Gasteiger partial charge is 0.222 e. The van der Waals surface area contributed by atoms with E-state index in [0.29, 0.717) is 13.0 Å². The molecule has 116 valence electrons. The molecule has 0 aromatic heterocycles. The topological polar surface area (TPSA) is 49.8 Å². The van der Waals surface area contributed by atoms with Gasteiger partial charge in [0.05, 0.1) is 17.7 Å². The number of carbonyl (C=O) groups excluding carboxylic acids is 1. The van der Waals surface area contributed by atoms with Gasteiger partial charge in [0.15, 0.2) is 0 Å². The molecule has 21 heavy (non-hydrogen) atoms. The Morgan fingerprint density at radius 3 is 2.90 bits per heavy atom. The van der Waals surface area contributed by atoms with Crippen LogP contribution in [0.3, 0.4) is 0 Å². The molecule has 1 fully saturated rings. The summed E-state index contributed by atoms with van der Waals surface area (Å²) < 4.78 is 6.10. The number of nitrogens with zero attached hydrogens (tertiary/aromatic N) is 1. The molecule has 1 aromatic carbocycles. The molecule has 0 spiro atoms. The van der Waals surface area contributed by atoms with Gasteiger partial charge in [0.25, 0.3) is 0 Å². The maximum Gasteiger partial charge on any atom is 0.222 e. The Bertz CT molecular complexity index is 504. The summed E-state index contributed by atoms with van der Waals surface area (Å²) in [6.07, 6.45) is 1.79. The lowest BCUT2D eigenvalue weighted by Gasteiger charge is -2.17. The molecule has 1 amide bonds. The monoisotopic (exact) mass is 355 g/mol. The average molecular weight is 356 g/mol. The number of aryl methyl sites for hydroxylation is 1. The number of hydrogen-bond donors (Lipinski definition) is 1. The zero-order chi connectivity index (χ0) is 15.4. The number of rotatable bonds is 5. The Morgan fingerprint density at radius 1 is 1.57 bits per heavy atom. The van der Waals surface area contributed by atoms with Crippen molar-refractivity contribution in [3.8, 4) is 5.75 Å². The third kappa shape index (κ3) is 4.20. The number of aliphatic hydroxyl groups excluding tert-OH is 1. The fourth-order valence-corrected chi connectivity index (χ4v) is 3.27. The quantitative estimate of drug-likeness (QED) is 0.883. The highest BCUT2D eigenvalue weighted by Gasteiger charge is 2.28. The van der Waals surface area contributed by atoms with E-state index in [0.717, 1.165) is 35.2 Å². The number of methoxy groups -OCH3 is 1. The number of aliphatic hydroxyl groups is 1. The highest BCUT2D eigenvalue weighted by molar-refractivity contribution is 9.10. The predicted molar refractivity (Wildman–Crippen MR) is 85.4 cm³/mol. The van der Waals surface area contributed by atoms with E-state index in [4.69, 9.17) is 4.74 Å². The number of ether oxygens (including phenoxy) is 1. The van der Waals surface area contributed by atoms with Gasteiger partial charge in [-0.05, 0) is 53.4 Å². The first-order chi connectivity index (χ1) is 10.0.